The maximum absolute atomic E-state index is 13.0. The molecule has 5 nitrogen and oxygen atoms in total. The molecule has 162 valence electrons. The fourth-order valence-corrected chi connectivity index (χ4v) is 3.96. The molecule has 0 spiro atoms. The van der Waals surface area contributed by atoms with Crippen LogP contribution in [0, 0.1) is 0 Å². The summed E-state index contributed by atoms with van der Waals surface area (Å²) in [5, 5.41) is 3.49. The maximum atomic E-state index is 13.0. The van der Waals surface area contributed by atoms with Gasteiger partial charge in [0.25, 0.3) is 0 Å². The third kappa shape index (κ3) is 7.58. The Bertz CT molecular complexity index is 843. The topological polar surface area (TPSA) is 58.6 Å². The SMILES string of the molecule is COc1ccc(CSCC(=O)N(Cc2cccc(Cl)c2)[C@H](C)C(=O)NC(C)C)cc1. The van der Waals surface area contributed by atoms with Gasteiger partial charge < -0.3 is 15.0 Å². The first-order valence-electron chi connectivity index (χ1n) is 9.85. The Hall–Kier alpha value is -2.18. The number of amides is 2. The monoisotopic (exact) mass is 448 g/mol. The summed E-state index contributed by atoms with van der Waals surface area (Å²) >= 11 is 7.62. The lowest BCUT2D eigenvalue weighted by Gasteiger charge is -2.29. The molecule has 0 unspecified atom stereocenters. The van der Waals surface area contributed by atoms with Crippen LogP contribution in [0.3, 0.4) is 0 Å². The highest BCUT2D eigenvalue weighted by Crippen LogP contribution is 2.19. The summed E-state index contributed by atoms with van der Waals surface area (Å²) in [5.74, 6) is 1.54. The molecule has 2 rings (SSSR count). The van der Waals surface area contributed by atoms with E-state index < -0.39 is 6.04 Å². The van der Waals surface area contributed by atoms with E-state index in [-0.39, 0.29) is 23.6 Å². The number of hydrogen-bond acceptors (Lipinski definition) is 4. The molecule has 2 amide bonds. The van der Waals surface area contributed by atoms with Gasteiger partial charge in [-0.3, -0.25) is 9.59 Å². The quantitative estimate of drug-likeness (QED) is 0.580. The number of nitrogens with one attached hydrogen (secondary N) is 1. The van der Waals surface area contributed by atoms with Crippen molar-refractivity contribution in [3.63, 3.8) is 0 Å². The number of methoxy groups -OCH3 is 1. The van der Waals surface area contributed by atoms with Gasteiger partial charge in [-0.15, -0.1) is 11.8 Å². The Kier molecular flexibility index (Phi) is 9.53. The highest BCUT2D eigenvalue weighted by Gasteiger charge is 2.26. The van der Waals surface area contributed by atoms with E-state index >= 15 is 0 Å². The second kappa shape index (κ2) is 11.9. The van der Waals surface area contributed by atoms with Crippen molar-refractivity contribution in [1.82, 2.24) is 10.2 Å². The van der Waals surface area contributed by atoms with Crippen LogP contribution in [-0.2, 0) is 21.9 Å². The normalized spacial score (nSPS) is 11.8. The average Bonchev–Trinajstić information content (AvgIpc) is 2.71. The van der Waals surface area contributed by atoms with E-state index in [2.05, 4.69) is 5.32 Å². The van der Waals surface area contributed by atoms with Crippen LogP contribution in [0.5, 0.6) is 5.75 Å². The molecule has 0 fully saturated rings. The summed E-state index contributed by atoms with van der Waals surface area (Å²) < 4.78 is 5.17. The minimum absolute atomic E-state index is 0.00696. The van der Waals surface area contributed by atoms with Crippen molar-refractivity contribution in [2.45, 2.75) is 45.2 Å². The maximum Gasteiger partial charge on any atom is 0.242 e. The van der Waals surface area contributed by atoms with Crippen LogP contribution < -0.4 is 10.1 Å². The van der Waals surface area contributed by atoms with Gasteiger partial charge in [0.15, 0.2) is 0 Å². The summed E-state index contributed by atoms with van der Waals surface area (Å²) in [7, 11) is 1.63. The number of hydrogen-bond donors (Lipinski definition) is 1. The van der Waals surface area contributed by atoms with Crippen LogP contribution in [0.25, 0.3) is 0 Å². The van der Waals surface area contributed by atoms with Crippen LogP contribution in [0.2, 0.25) is 5.02 Å². The van der Waals surface area contributed by atoms with E-state index in [1.54, 1.807) is 25.0 Å². The fraction of sp³-hybridized carbons (Fsp3) is 0.391. The van der Waals surface area contributed by atoms with Gasteiger partial charge in [-0.1, -0.05) is 35.9 Å². The van der Waals surface area contributed by atoms with Gasteiger partial charge in [0.05, 0.1) is 12.9 Å². The number of carbonyl (C=O) groups excluding carboxylic acids is 2. The molecule has 0 aliphatic heterocycles. The van der Waals surface area contributed by atoms with Gasteiger partial charge in [0.2, 0.25) is 11.8 Å². The molecule has 30 heavy (non-hydrogen) atoms. The number of carbonyl (C=O) groups is 2. The third-order valence-electron chi connectivity index (χ3n) is 4.49. The first-order valence-corrected chi connectivity index (χ1v) is 11.4. The van der Waals surface area contributed by atoms with Crippen molar-refractivity contribution >= 4 is 35.2 Å². The van der Waals surface area contributed by atoms with E-state index in [4.69, 9.17) is 16.3 Å². The molecule has 1 atom stereocenters. The zero-order valence-corrected chi connectivity index (χ0v) is 19.4. The zero-order valence-electron chi connectivity index (χ0n) is 17.9. The Morgan fingerprint density at radius 1 is 1.10 bits per heavy atom. The lowest BCUT2D eigenvalue weighted by Crippen LogP contribution is -2.49. The highest BCUT2D eigenvalue weighted by molar-refractivity contribution is 7.99. The molecule has 0 aliphatic carbocycles. The molecule has 0 saturated heterocycles. The molecular weight excluding hydrogens is 420 g/mol. The molecule has 0 aromatic heterocycles. The molecule has 0 aliphatic rings. The summed E-state index contributed by atoms with van der Waals surface area (Å²) in [6.45, 7) is 5.89. The minimum atomic E-state index is -0.583. The molecular formula is C23H29ClN2O3S. The van der Waals surface area contributed by atoms with Crippen molar-refractivity contribution < 1.29 is 14.3 Å². The van der Waals surface area contributed by atoms with E-state index in [9.17, 15) is 9.59 Å². The Morgan fingerprint density at radius 2 is 1.80 bits per heavy atom. The highest BCUT2D eigenvalue weighted by atomic mass is 35.5. The minimum Gasteiger partial charge on any atom is -0.497 e. The van der Waals surface area contributed by atoms with Crippen LogP contribution in [0.4, 0.5) is 0 Å². The van der Waals surface area contributed by atoms with Crippen molar-refractivity contribution in [3.05, 3.63) is 64.7 Å². The summed E-state index contributed by atoms with van der Waals surface area (Å²) in [6, 6.07) is 14.6. The number of thioether (sulfide) groups is 1. The largest absolute Gasteiger partial charge is 0.497 e. The number of nitrogens with zero attached hydrogens (tertiary/aromatic N) is 1. The van der Waals surface area contributed by atoms with Gasteiger partial charge in [0, 0.05) is 23.4 Å². The second-order valence-electron chi connectivity index (χ2n) is 7.33. The Labute approximate surface area is 188 Å². The van der Waals surface area contributed by atoms with Gasteiger partial charge in [-0.05, 0) is 56.2 Å². The van der Waals surface area contributed by atoms with Crippen molar-refractivity contribution in [1.29, 1.82) is 0 Å². The molecule has 0 heterocycles. The van der Waals surface area contributed by atoms with Crippen LogP contribution in [-0.4, -0.2) is 41.7 Å². The van der Waals surface area contributed by atoms with E-state index in [1.165, 1.54) is 11.8 Å². The van der Waals surface area contributed by atoms with E-state index in [0.29, 0.717) is 17.3 Å². The lowest BCUT2D eigenvalue weighted by molar-refractivity contribution is -0.138. The van der Waals surface area contributed by atoms with E-state index in [1.807, 2.05) is 56.3 Å². The number of halogens is 1. The predicted octanol–water partition coefficient (Wildman–Crippen LogP) is 4.52. The fourth-order valence-electron chi connectivity index (χ4n) is 2.88. The summed E-state index contributed by atoms with van der Waals surface area (Å²) in [6.07, 6.45) is 0. The number of rotatable bonds is 10. The molecule has 0 radical (unpaired) electrons. The lowest BCUT2D eigenvalue weighted by atomic mass is 10.1. The number of ether oxygens (including phenoxy) is 1. The van der Waals surface area contributed by atoms with Gasteiger partial charge in [-0.2, -0.15) is 0 Å². The molecule has 7 heteroatoms. The van der Waals surface area contributed by atoms with Crippen molar-refractivity contribution in [2.24, 2.45) is 0 Å². The molecule has 2 aromatic rings. The first kappa shape index (κ1) is 24.1. The zero-order chi connectivity index (χ0) is 22.1. The molecule has 0 bridgehead atoms. The van der Waals surface area contributed by atoms with Crippen molar-refractivity contribution in [3.8, 4) is 5.75 Å². The number of benzene rings is 2. The molecule has 2 aromatic carbocycles. The van der Waals surface area contributed by atoms with Gasteiger partial charge in [0.1, 0.15) is 11.8 Å². The smallest absolute Gasteiger partial charge is 0.242 e. The third-order valence-corrected chi connectivity index (χ3v) is 5.72. The Morgan fingerprint density at radius 3 is 2.40 bits per heavy atom. The summed E-state index contributed by atoms with van der Waals surface area (Å²) in [4.78, 5) is 27.2. The summed E-state index contributed by atoms with van der Waals surface area (Å²) in [5.41, 5.74) is 2.00. The standard InChI is InChI=1S/C23H29ClN2O3S/c1-16(2)25-23(28)17(3)26(13-19-6-5-7-20(24)12-19)22(27)15-30-14-18-8-10-21(29-4)11-9-18/h5-12,16-17H,13-15H2,1-4H3,(H,25,28)/t17-/m1/s1. The molecule has 1 N–H and O–H groups in total. The van der Waals surface area contributed by atoms with Crippen molar-refractivity contribution in [2.75, 3.05) is 12.9 Å². The van der Waals surface area contributed by atoms with Crippen LogP contribution in [0.15, 0.2) is 48.5 Å². The van der Waals surface area contributed by atoms with Crippen LogP contribution in [0.1, 0.15) is 31.9 Å². The van der Waals surface area contributed by atoms with Gasteiger partial charge >= 0.3 is 0 Å². The van der Waals surface area contributed by atoms with Gasteiger partial charge in [-0.25, -0.2) is 0 Å². The predicted molar refractivity (Wildman–Crippen MR) is 124 cm³/mol. The molecule has 0 saturated carbocycles. The first-order chi connectivity index (χ1) is 14.3. The van der Waals surface area contributed by atoms with Crippen LogP contribution >= 0.6 is 23.4 Å². The second-order valence-corrected chi connectivity index (χ2v) is 8.75. The average molecular weight is 449 g/mol. The Balaban J connectivity index is 2.05. The van der Waals surface area contributed by atoms with E-state index in [0.717, 1.165) is 16.9 Å².